The molecular formula is C32H8F42O2S. The molecule has 2 unspecified atom stereocenters. The highest BCUT2D eigenvalue weighted by Crippen LogP contribution is 2.71. The van der Waals surface area contributed by atoms with Crippen molar-refractivity contribution in [3.05, 3.63) is 71.3 Å². The van der Waals surface area contributed by atoms with Crippen LogP contribution in [0.3, 0.4) is 0 Å². The van der Waals surface area contributed by atoms with E-state index in [0.717, 1.165) is 0 Å². The number of hydrogen-bond acceptors (Lipinski definition) is 2. The lowest BCUT2D eigenvalue weighted by Gasteiger charge is -2.46. The Bertz CT molecular complexity index is 2420. The Morgan fingerprint density at radius 1 is 0.221 bits per heavy atom. The van der Waals surface area contributed by atoms with Crippen molar-refractivity contribution in [1.29, 1.82) is 0 Å². The Balaban J connectivity index is 2.94. The Morgan fingerprint density at radius 3 is 0.519 bits per heavy atom. The fourth-order valence-electron chi connectivity index (χ4n) is 5.67. The molecular weight excluding hydrogens is 1250 g/mol. The molecule has 0 fully saturated rings. The van der Waals surface area contributed by atoms with Crippen molar-refractivity contribution in [2.24, 2.45) is 0 Å². The van der Waals surface area contributed by atoms with Crippen LogP contribution in [-0.4, -0.2) is 114 Å². The van der Waals surface area contributed by atoms with E-state index in [2.05, 4.69) is 0 Å². The largest absolute Gasteiger partial charge is 0.433 e. The molecule has 0 saturated heterocycles. The summed E-state index contributed by atoms with van der Waals surface area (Å²) >= 11 is 0. The summed E-state index contributed by atoms with van der Waals surface area (Å²) in [5.74, 6) is -145. The standard InChI is InChI=1S/C32H8F42O2S/c33-11-5-1-9(2-6-11)13(35,29(65,66)67)15(37,38)17(41,42)19(45,46)21(49,50)23(53,54)25(57,58)27(61,62)31(71,72)77(75,76)32(73,74)28(63,64)26(59,60)24(55,56)22(51,52)20(47,48)18(43,44)16(39,40)14(36,30(68,69)70)10-3-7-12(34)8-4-10/h1-8H. The van der Waals surface area contributed by atoms with E-state index in [1.165, 1.54) is 0 Å². The van der Waals surface area contributed by atoms with Gasteiger partial charge < -0.3 is 0 Å². The maximum absolute atomic E-state index is 15.0. The maximum Gasteiger partial charge on any atom is 0.433 e. The van der Waals surface area contributed by atoms with Crippen molar-refractivity contribution in [3.8, 4) is 0 Å². The van der Waals surface area contributed by atoms with Crippen molar-refractivity contribution >= 4 is 9.84 Å². The highest BCUT2D eigenvalue weighted by atomic mass is 32.2. The van der Waals surface area contributed by atoms with Crippen LogP contribution in [0.5, 0.6) is 0 Å². The summed E-state index contributed by atoms with van der Waals surface area (Å²) in [5, 5.41) is -20.8. The second-order valence-electron chi connectivity index (χ2n) is 14.9. The Morgan fingerprint density at radius 2 is 0.364 bits per heavy atom. The van der Waals surface area contributed by atoms with E-state index in [1.54, 1.807) is 0 Å². The van der Waals surface area contributed by atoms with Gasteiger partial charge in [-0.2, -0.15) is 167 Å². The first-order valence-electron chi connectivity index (χ1n) is 17.3. The van der Waals surface area contributed by atoms with Crippen LogP contribution in [0.25, 0.3) is 0 Å². The van der Waals surface area contributed by atoms with Crippen LogP contribution in [0.1, 0.15) is 11.1 Å². The molecule has 0 aliphatic carbocycles. The van der Waals surface area contributed by atoms with Gasteiger partial charge >= 0.3 is 106 Å². The smallest absolute Gasteiger partial charge is 0.221 e. The number of benzene rings is 2. The summed E-state index contributed by atoms with van der Waals surface area (Å²) in [5.41, 5.74) is -22.8. The molecule has 0 aromatic heterocycles. The van der Waals surface area contributed by atoms with Crippen LogP contribution in [0.15, 0.2) is 48.5 Å². The quantitative estimate of drug-likeness (QED) is 0.124. The average molecular weight is 1250 g/mol. The highest BCUT2D eigenvalue weighted by molar-refractivity contribution is 7.93. The number of alkyl halides is 40. The van der Waals surface area contributed by atoms with Gasteiger partial charge in [0, 0.05) is 11.1 Å². The van der Waals surface area contributed by atoms with Gasteiger partial charge in [-0.25, -0.2) is 26.0 Å². The van der Waals surface area contributed by atoms with E-state index >= 15 is 0 Å². The molecule has 0 radical (unpaired) electrons. The topological polar surface area (TPSA) is 34.1 Å². The third kappa shape index (κ3) is 8.01. The zero-order valence-corrected chi connectivity index (χ0v) is 34.5. The molecule has 0 amide bonds. The number of halogens is 42. The van der Waals surface area contributed by atoms with Gasteiger partial charge in [-0.05, 0) is 24.3 Å². The van der Waals surface area contributed by atoms with Gasteiger partial charge in [0.2, 0.25) is 0 Å². The third-order valence-corrected chi connectivity index (χ3v) is 12.1. The molecule has 2 atom stereocenters. The SMILES string of the molecule is O=S(=O)(C(F)(F)C(F)(F)C(F)(F)C(F)(F)C(F)(F)C(F)(F)C(F)(F)C(F)(F)C(F)(c1ccc(F)cc1)C(F)(F)F)C(F)(F)C(F)(F)C(F)(F)C(F)(F)C(F)(F)C(F)(F)C(F)(F)C(F)(F)C(F)(c1ccc(F)cc1)C(F)(F)F. The minimum Gasteiger partial charge on any atom is -0.221 e. The lowest BCUT2D eigenvalue weighted by Crippen LogP contribution is -2.78. The van der Waals surface area contributed by atoms with E-state index in [-0.39, 0.29) is 0 Å². The van der Waals surface area contributed by atoms with Gasteiger partial charge in [0.1, 0.15) is 11.6 Å². The zero-order chi connectivity index (χ0) is 62.5. The van der Waals surface area contributed by atoms with Gasteiger partial charge in [-0.1, -0.05) is 24.3 Å². The molecule has 0 N–H and O–H groups in total. The molecule has 77 heavy (non-hydrogen) atoms. The summed E-state index contributed by atoms with van der Waals surface area (Å²) in [6, 6.07) is -7.73. The summed E-state index contributed by atoms with van der Waals surface area (Å²) in [7, 11) is -11.5. The first-order chi connectivity index (χ1) is 33.0. The molecule has 2 rings (SSSR count). The van der Waals surface area contributed by atoms with Gasteiger partial charge in [0.05, 0.1) is 0 Å². The van der Waals surface area contributed by atoms with Crippen molar-refractivity contribution < 1.29 is 193 Å². The monoisotopic (exact) mass is 1250 g/mol. The van der Waals surface area contributed by atoms with Crippen molar-refractivity contribution in [1.82, 2.24) is 0 Å². The summed E-state index contributed by atoms with van der Waals surface area (Å²) in [4.78, 5) is 0. The predicted molar refractivity (Wildman–Crippen MR) is 159 cm³/mol. The molecule has 2 aromatic rings. The molecule has 0 saturated carbocycles. The van der Waals surface area contributed by atoms with E-state index in [4.69, 9.17) is 0 Å². The van der Waals surface area contributed by atoms with Gasteiger partial charge in [-0.3, -0.25) is 0 Å². The molecule has 0 aliphatic heterocycles. The predicted octanol–water partition coefficient (Wildman–Crippen LogP) is 15.6. The molecule has 2 aromatic carbocycles. The maximum atomic E-state index is 15.0. The lowest BCUT2D eigenvalue weighted by molar-refractivity contribution is -0.465. The lowest BCUT2D eigenvalue weighted by atomic mass is 9.80. The van der Waals surface area contributed by atoms with Gasteiger partial charge in [0.15, 0.2) is 0 Å². The Hall–Kier alpha value is -4.55. The van der Waals surface area contributed by atoms with Gasteiger partial charge in [-0.15, -0.1) is 0 Å². The number of sulfone groups is 1. The van der Waals surface area contributed by atoms with Crippen molar-refractivity contribution in [2.75, 3.05) is 0 Å². The van der Waals surface area contributed by atoms with Crippen molar-refractivity contribution in [3.63, 3.8) is 0 Å². The average Bonchev–Trinajstić information content (AvgIpc) is 3.24. The van der Waals surface area contributed by atoms with Crippen LogP contribution >= 0.6 is 0 Å². The minimum atomic E-state index is -11.5. The molecule has 2 nitrogen and oxygen atoms in total. The zero-order valence-electron chi connectivity index (χ0n) is 33.7. The third-order valence-electron chi connectivity index (χ3n) is 10.3. The molecule has 448 valence electrons. The van der Waals surface area contributed by atoms with E-state index < -0.39 is 198 Å². The van der Waals surface area contributed by atoms with E-state index in [1.807, 2.05) is 0 Å². The fourth-order valence-corrected chi connectivity index (χ4v) is 6.93. The Kier molecular flexibility index (Phi) is 15.8. The van der Waals surface area contributed by atoms with Crippen LogP contribution in [-0.2, 0) is 21.2 Å². The number of rotatable bonds is 20. The second kappa shape index (κ2) is 17.7. The highest BCUT2D eigenvalue weighted by Gasteiger charge is 3.02. The van der Waals surface area contributed by atoms with Crippen LogP contribution in [0.4, 0.5) is 184 Å². The number of hydrogen-bond donors (Lipinski definition) is 0. The first kappa shape index (κ1) is 68.6. The van der Waals surface area contributed by atoms with Crippen LogP contribution < -0.4 is 0 Å². The second-order valence-corrected chi connectivity index (χ2v) is 16.9. The molecule has 0 spiro atoms. The molecule has 45 heteroatoms. The minimum absolute atomic E-state index is 0.755. The summed E-state index contributed by atoms with van der Waals surface area (Å²) in [6.45, 7) is 0. The van der Waals surface area contributed by atoms with Crippen LogP contribution in [0, 0.1) is 11.6 Å². The molecule has 0 aliphatic rings. The van der Waals surface area contributed by atoms with E-state index in [0.29, 0.717) is 0 Å². The fraction of sp³-hybridized carbons (Fsp3) is 0.625. The Labute approximate surface area is 391 Å². The first-order valence-corrected chi connectivity index (χ1v) is 18.8. The molecule has 0 heterocycles. The van der Waals surface area contributed by atoms with Gasteiger partial charge in [0.25, 0.3) is 21.2 Å². The van der Waals surface area contributed by atoms with E-state index in [9.17, 15) is 193 Å². The summed E-state index contributed by atoms with van der Waals surface area (Å²) < 4.78 is 623. The molecule has 0 bridgehead atoms. The van der Waals surface area contributed by atoms with Crippen LogP contribution in [0.2, 0.25) is 0 Å². The normalized spacial score (nSPS) is 17.8. The summed E-state index contributed by atoms with van der Waals surface area (Å²) in [6.07, 6.45) is -16.3. The van der Waals surface area contributed by atoms with Crippen molar-refractivity contribution in [2.45, 2.75) is 117 Å².